The maximum absolute atomic E-state index is 13.7. The van der Waals surface area contributed by atoms with Crippen LogP contribution in [-0.4, -0.2) is 59.5 Å². The molecule has 0 radical (unpaired) electrons. The van der Waals surface area contributed by atoms with E-state index in [0.29, 0.717) is 51.2 Å². The highest BCUT2D eigenvalue weighted by atomic mass is 32.1. The highest BCUT2D eigenvalue weighted by Gasteiger charge is 2.48. The summed E-state index contributed by atoms with van der Waals surface area (Å²) in [6.45, 7) is 5.16. The maximum Gasteiger partial charge on any atom is 0.409 e. The summed E-state index contributed by atoms with van der Waals surface area (Å²) in [5.41, 5.74) is -0.390. The molecule has 0 spiro atoms. The van der Waals surface area contributed by atoms with Crippen LogP contribution >= 0.6 is 11.3 Å². The molecule has 3 amide bonds. The van der Waals surface area contributed by atoms with Crippen LogP contribution in [0.2, 0.25) is 0 Å². The van der Waals surface area contributed by atoms with Crippen LogP contribution in [0.5, 0.6) is 0 Å². The maximum atomic E-state index is 13.7. The van der Waals surface area contributed by atoms with E-state index in [-0.39, 0.29) is 17.9 Å². The van der Waals surface area contributed by atoms with Crippen molar-refractivity contribution in [3.8, 4) is 0 Å². The first-order valence-corrected chi connectivity index (χ1v) is 12.2. The molecule has 1 saturated heterocycles. The van der Waals surface area contributed by atoms with Gasteiger partial charge in [-0.15, -0.1) is 11.3 Å². The van der Waals surface area contributed by atoms with Crippen molar-refractivity contribution in [3.63, 3.8) is 0 Å². The van der Waals surface area contributed by atoms with Crippen molar-refractivity contribution in [3.05, 3.63) is 58.8 Å². The molecule has 176 valence electrons. The lowest BCUT2D eigenvalue weighted by Gasteiger charge is -2.47. The molecule has 0 saturated carbocycles. The second-order valence-electron chi connectivity index (χ2n) is 7.88. The summed E-state index contributed by atoms with van der Waals surface area (Å²) >= 11 is 1.55. The van der Waals surface area contributed by atoms with E-state index in [9.17, 15) is 14.4 Å². The Kier molecular flexibility index (Phi) is 8.65. The third kappa shape index (κ3) is 6.01. The number of hydrogen-bond donors (Lipinski definition) is 1. The molecule has 1 aliphatic rings. The number of thiophene rings is 1. The fraction of sp³-hybridized carbons (Fsp3) is 0.400. The molecule has 0 aliphatic carbocycles. The lowest BCUT2D eigenvalue weighted by molar-refractivity contribution is -0.145. The van der Waals surface area contributed by atoms with Crippen molar-refractivity contribution in [2.24, 2.45) is 0 Å². The van der Waals surface area contributed by atoms with Crippen LogP contribution in [0.1, 0.15) is 38.0 Å². The molecule has 33 heavy (non-hydrogen) atoms. The monoisotopic (exact) mass is 469 g/mol. The van der Waals surface area contributed by atoms with Gasteiger partial charge in [0, 0.05) is 36.3 Å². The van der Waals surface area contributed by atoms with Gasteiger partial charge in [0.2, 0.25) is 5.91 Å². The van der Waals surface area contributed by atoms with Crippen LogP contribution in [0.3, 0.4) is 0 Å². The average Bonchev–Trinajstić information content (AvgIpc) is 3.35. The van der Waals surface area contributed by atoms with Gasteiger partial charge in [0.05, 0.1) is 6.61 Å². The van der Waals surface area contributed by atoms with Crippen molar-refractivity contribution in [1.29, 1.82) is 0 Å². The summed E-state index contributed by atoms with van der Waals surface area (Å²) in [5.74, 6) is -0.443. The van der Waals surface area contributed by atoms with E-state index < -0.39 is 5.54 Å². The Morgan fingerprint density at radius 3 is 2.45 bits per heavy atom. The number of carbonyl (C=O) groups excluding carboxylic acids is 3. The molecule has 1 fully saturated rings. The molecule has 1 aromatic heterocycles. The number of hydrogen-bond acceptors (Lipinski definition) is 5. The standard InChI is InChI=1S/C25H31N3O4S/c1-3-16-28(22(29)13-12-21-11-8-19-33-21)25(23(30)26-20-9-6-5-7-10-20)14-17-27(18-15-25)24(31)32-4-2/h5-13,19H,3-4,14-18H2,1-2H3,(H,26,30)/b13-12+. The molecule has 1 aromatic carbocycles. The van der Waals surface area contributed by atoms with E-state index in [1.807, 2.05) is 54.8 Å². The number of amides is 3. The summed E-state index contributed by atoms with van der Waals surface area (Å²) in [6.07, 6.45) is 4.32. The zero-order chi connectivity index (χ0) is 23.7. The topological polar surface area (TPSA) is 79.0 Å². The molecular formula is C25H31N3O4S. The van der Waals surface area contributed by atoms with Gasteiger partial charge in [-0.25, -0.2) is 4.79 Å². The minimum Gasteiger partial charge on any atom is -0.450 e. The quantitative estimate of drug-likeness (QED) is 0.572. The molecule has 2 heterocycles. The molecule has 1 N–H and O–H groups in total. The van der Waals surface area contributed by atoms with Crippen molar-refractivity contribution in [1.82, 2.24) is 9.80 Å². The van der Waals surface area contributed by atoms with Crippen molar-refractivity contribution in [2.45, 2.75) is 38.6 Å². The first-order chi connectivity index (χ1) is 16.0. The first-order valence-electron chi connectivity index (χ1n) is 11.3. The summed E-state index contributed by atoms with van der Waals surface area (Å²) in [6, 6.07) is 13.1. The number of para-hydroxylation sites is 1. The summed E-state index contributed by atoms with van der Waals surface area (Å²) in [5, 5.41) is 4.95. The Hall–Kier alpha value is -3.13. The predicted octanol–water partition coefficient (Wildman–Crippen LogP) is 4.63. The summed E-state index contributed by atoms with van der Waals surface area (Å²) < 4.78 is 5.14. The Morgan fingerprint density at radius 2 is 1.85 bits per heavy atom. The van der Waals surface area contributed by atoms with Crippen LogP contribution in [0.4, 0.5) is 10.5 Å². The normalized spacial score (nSPS) is 15.3. The number of nitrogens with zero attached hydrogens (tertiary/aromatic N) is 2. The summed E-state index contributed by atoms with van der Waals surface area (Å²) in [7, 11) is 0. The average molecular weight is 470 g/mol. The SMILES string of the molecule is CCCN(C(=O)/C=C/c1cccs1)C1(C(=O)Nc2ccccc2)CCN(C(=O)OCC)CC1. The number of likely N-dealkylation sites (tertiary alicyclic amines) is 1. The number of anilines is 1. The smallest absolute Gasteiger partial charge is 0.409 e. The first kappa shape index (κ1) is 24.5. The molecule has 2 aromatic rings. The highest BCUT2D eigenvalue weighted by molar-refractivity contribution is 7.10. The number of piperidine rings is 1. The third-order valence-electron chi connectivity index (χ3n) is 5.73. The fourth-order valence-corrected chi connectivity index (χ4v) is 4.67. The van der Waals surface area contributed by atoms with Gasteiger partial charge in [-0.05, 0) is 55.8 Å². The Labute approximate surface area is 199 Å². The second-order valence-corrected chi connectivity index (χ2v) is 8.86. The largest absolute Gasteiger partial charge is 0.450 e. The van der Waals surface area contributed by atoms with Gasteiger partial charge in [-0.2, -0.15) is 0 Å². The molecular weight excluding hydrogens is 438 g/mol. The van der Waals surface area contributed by atoms with Gasteiger partial charge >= 0.3 is 6.09 Å². The van der Waals surface area contributed by atoms with E-state index in [1.165, 1.54) is 6.08 Å². The van der Waals surface area contributed by atoms with Crippen molar-refractivity contribution in [2.75, 3.05) is 31.6 Å². The Bertz CT molecular complexity index is 951. The van der Waals surface area contributed by atoms with Gasteiger partial charge < -0.3 is 19.9 Å². The fourth-order valence-electron chi connectivity index (χ4n) is 4.05. The van der Waals surface area contributed by atoms with Crippen LogP contribution in [0.25, 0.3) is 6.08 Å². The second kappa shape index (κ2) is 11.7. The van der Waals surface area contributed by atoms with Crippen LogP contribution < -0.4 is 5.32 Å². The zero-order valence-corrected chi connectivity index (χ0v) is 20.0. The van der Waals surface area contributed by atoms with Crippen LogP contribution in [-0.2, 0) is 14.3 Å². The van der Waals surface area contributed by atoms with Gasteiger partial charge in [0.25, 0.3) is 5.91 Å². The number of rotatable bonds is 8. The van der Waals surface area contributed by atoms with E-state index in [4.69, 9.17) is 4.74 Å². The third-order valence-corrected chi connectivity index (χ3v) is 6.57. The Balaban J connectivity index is 1.89. The molecule has 0 atom stereocenters. The van der Waals surface area contributed by atoms with Gasteiger partial charge in [0.1, 0.15) is 5.54 Å². The Morgan fingerprint density at radius 1 is 1.12 bits per heavy atom. The molecule has 3 rings (SSSR count). The lowest BCUT2D eigenvalue weighted by Crippen LogP contribution is -2.63. The summed E-state index contributed by atoms with van der Waals surface area (Å²) in [4.78, 5) is 43.6. The minimum atomic E-state index is -1.06. The molecule has 0 bridgehead atoms. The van der Waals surface area contributed by atoms with E-state index in [1.54, 1.807) is 34.1 Å². The van der Waals surface area contributed by atoms with Crippen LogP contribution in [0, 0.1) is 0 Å². The molecule has 8 heteroatoms. The van der Waals surface area contributed by atoms with Gasteiger partial charge in [0.15, 0.2) is 0 Å². The van der Waals surface area contributed by atoms with Gasteiger partial charge in [-0.1, -0.05) is 31.2 Å². The zero-order valence-electron chi connectivity index (χ0n) is 19.2. The van der Waals surface area contributed by atoms with E-state index >= 15 is 0 Å². The number of carbonyl (C=O) groups is 3. The number of benzene rings is 1. The minimum absolute atomic E-state index is 0.210. The predicted molar refractivity (Wildman–Crippen MR) is 131 cm³/mol. The number of nitrogens with one attached hydrogen (secondary N) is 1. The van der Waals surface area contributed by atoms with E-state index in [0.717, 1.165) is 4.88 Å². The molecule has 7 nitrogen and oxygen atoms in total. The van der Waals surface area contributed by atoms with Crippen molar-refractivity contribution < 1.29 is 19.1 Å². The van der Waals surface area contributed by atoms with Crippen molar-refractivity contribution >= 4 is 41.0 Å². The molecule has 1 aliphatic heterocycles. The van der Waals surface area contributed by atoms with E-state index in [2.05, 4.69) is 5.32 Å². The lowest BCUT2D eigenvalue weighted by atomic mass is 9.84. The van der Waals surface area contributed by atoms with Gasteiger partial charge in [-0.3, -0.25) is 9.59 Å². The molecule has 0 unspecified atom stereocenters. The van der Waals surface area contributed by atoms with Crippen LogP contribution in [0.15, 0.2) is 53.9 Å². The number of ether oxygens (including phenoxy) is 1. The highest BCUT2D eigenvalue weighted by Crippen LogP contribution is 2.32.